The summed E-state index contributed by atoms with van der Waals surface area (Å²) >= 11 is 3.40. The zero-order valence-electron chi connectivity index (χ0n) is 10.9. The Kier molecular flexibility index (Phi) is 4.31. The molecule has 100 valence electrons. The van der Waals surface area contributed by atoms with Crippen molar-refractivity contribution in [2.45, 2.75) is 13.3 Å². The monoisotopic (exact) mass is 322 g/mol. The van der Waals surface area contributed by atoms with Gasteiger partial charge in [-0.3, -0.25) is 4.79 Å². The van der Waals surface area contributed by atoms with Crippen molar-refractivity contribution < 1.29 is 4.79 Å². The molecule has 0 bridgehead atoms. The van der Waals surface area contributed by atoms with Crippen molar-refractivity contribution >= 4 is 21.8 Å². The molecular formula is C13H15BrN4O. The molecule has 0 atom stereocenters. The average Bonchev–Trinajstić information content (AvgIpc) is 2.75. The predicted molar refractivity (Wildman–Crippen MR) is 75.9 cm³/mol. The first kappa shape index (κ1) is 13.7. The highest BCUT2D eigenvalue weighted by atomic mass is 79.9. The molecular weight excluding hydrogens is 308 g/mol. The molecule has 1 N–H and O–H groups in total. The molecule has 6 heteroatoms. The molecule has 5 nitrogen and oxygen atoms in total. The molecule has 0 unspecified atom stereocenters. The fourth-order valence-electron chi connectivity index (χ4n) is 1.72. The number of aromatic nitrogens is 3. The number of aryl methyl sites for hydroxylation is 2. The van der Waals surface area contributed by atoms with Crippen molar-refractivity contribution in [1.82, 2.24) is 20.1 Å². The van der Waals surface area contributed by atoms with Gasteiger partial charge in [-0.05, 0) is 40.5 Å². The van der Waals surface area contributed by atoms with Crippen LogP contribution in [0.1, 0.15) is 21.7 Å². The smallest absolute Gasteiger partial charge is 0.252 e. The molecule has 0 aliphatic carbocycles. The van der Waals surface area contributed by atoms with Gasteiger partial charge in [0.1, 0.15) is 12.2 Å². The van der Waals surface area contributed by atoms with Crippen molar-refractivity contribution in [1.29, 1.82) is 0 Å². The number of carbonyl (C=O) groups is 1. The van der Waals surface area contributed by atoms with Crippen LogP contribution in [0.15, 0.2) is 29.0 Å². The van der Waals surface area contributed by atoms with E-state index in [1.807, 2.05) is 36.7 Å². The third-order valence-electron chi connectivity index (χ3n) is 2.81. The first-order chi connectivity index (χ1) is 9.08. The normalized spacial score (nSPS) is 10.5. The maximum Gasteiger partial charge on any atom is 0.252 e. The number of amides is 1. The van der Waals surface area contributed by atoms with Gasteiger partial charge in [-0.1, -0.05) is 6.07 Å². The molecule has 2 rings (SSSR count). The molecule has 0 radical (unpaired) electrons. The Bertz CT molecular complexity index is 594. The summed E-state index contributed by atoms with van der Waals surface area (Å²) in [6.07, 6.45) is 2.30. The van der Waals surface area contributed by atoms with Crippen LogP contribution in [0.25, 0.3) is 0 Å². The Labute approximate surface area is 120 Å². The van der Waals surface area contributed by atoms with Crippen molar-refractivity contribution in [2.75, 3.05) is 6.54 Å². The van der Waals surface area contributed by atoms with Crippen LogP contribution < -0.4 is 5.32 Å². The number of nitrogens with zero attached hydrogens (tertiary/aromatic N) is 3. The quantitative estimate of drug-likeness (QED) is 0.934. The second-order valence-corrected chi connectivity index (χ2v) is 5.20. The van der Waals surface area contributed by atoms with E-state index < -0.39 is 0 Å². The van der Waals surface area contributed by atoms with E-state index in [2.05, 4.69) is 31.4 Å². The van der Waals surface area contributed by atoms with E-state index in [4.69, 9.17) is 0 Å². The molecule has 0 fully saturated rings. The number of rotatable bonds is 4. The van der Waals surface area contributed by atoms with Crippen molar-refractivity contribution in [2.24, 2.45) is 7.05 Å². The van der Waals surface area contributed by atoms with Gasteiger partial charge in [0.2, 0.25) is 0 Å². The highest BCUT2D eigenvalue weighted by Gasteiger charge is 2.09. The fourth-order valence-corrected chi connectivity index (χ4v) is 2.39. The molecule has 0 aliphatic heterocycles. The lowest BCUT2D eigenvalue weighted by atomic mass is 10.1. The Hall–Kier alpha value is -1.69. The number of nitrogens with one attached hydrogen (secondary N) is 1. The van der Waals surface area contributed by atoms with Crippen LogP contribution in [-0.4, -0.2) is 27.2 Å². The van der Waals surface area contributed by atoms with Gasteiger partial charge in [0, 0.05) is 24.5 Å². The van der Waals surface area contributed by atoms with Crippen LogP contribution in [-0.2, 0) is 13.5 Å². The molecule has 1 aromatic carbocycles. The Morgan fingerprint density at radius 1 is 1.47 bits per heavy atom. The minimum absolute atomic E-state index is 0.0888. The van der Waals surface area contributed by atoms with E-state index >= 15 is 0 Å². The van der Waals surface area contributed by atoms with Crippen LogP contribution in [0, 0.1) is 6.92 Å². The van der Waals surface area contributed by atoms with E-state index in [1.165, 1.54) is 0 Å². The molecule has 0 saturated carbocycles. The van der Waals surface area contributed by atoms with Gasteiger partial charge in [-0.25, -0.2) is 0 Å². The zero-order chi connectivity index (χ0) is 13.8. The molecule has 0 aliphatic rings. The van der Waals surface area contributed by atoms with E-state index in [0.717, 1.165) is 15.9 Å². The molecule has 1 amide bonds. The van der Waals surface area contributed by atoms with E-state index in [1.54, 1.807) is 6.33 Å². The van der Waals surface area contributed by atoms with E-state index in [9.17, 15) is 4.79 Å². The summed E-state index contributed by atoms with van der Waals surface area (Å²) in [6.45, 7) is 2.52. The summed E-state index contributed by atoms with van der Waals surface area (Å²) in [6, 6.07) is 5.66. The van der Waals surface area contributed by atoms with Gasteiger partial charge in [-0.2, -0.15) is 0 Å². The van der Waals surface area contributed by atoms with Gasteiger partial charge < -0.3 is 9.88 Å². The molecule has 19 heavy (non-hydrogen) atoms. The van der Waals surface area contributed by atoms with Crippen LogP contribution in [0.4, 0.5) is 0 Å². The van der Waals surface area contributed by atoms with Crippen LogP contribution in [0.2, 0.25) is 0 Å². The van der Waals surface area contributed by atoms with Crippen LogP contribution in [0.3, 0.4) is 0 Å². The number of carbonyl (C=O) groups excluding carboxylic acids is 1. The third-order valence-corrected chi connectivity index (χ3v) is 3.46. The lowest BCUT2D eigenvalue weighted by molar-refractivity contribution is 0.0953. The molecule has 1 aromatic heterocycles. The van der Waals surface area contributed by atoms with Gasteiger partial charge in [0.25, 0.3) is 5.91 Å². The van der Waals surface area contributed by atoms with Crippen molar-refractivity contribution in [3.63, 3.8) is 0 Å². The fraction of sp³-hybridized carbons (Fsp3) is 0.308. The van der Waals surface area contributed by atoms with Crippen LogP contribution >= 0.6 is 15.9 Å². The van der Waals surface area contributed by atoms with E-state index in [0.29, 0.717) is 18.5 Å². The standard InChI is InChI=1S/C13H15BrN4O/c1-9-3-4-10(11(14)7-9)13(19)15-6-5-12-17-16-8-18(12)2/h3-4,7-8H,5-6H2,1-2H3,(H,15,19). The summed E-state index contributed by atoms with van der Waals surface area (Å²) in [7, 11) is 1.88. The minimum Gasteiger partial charge on any atom is -0.352 e. The van der Waals surface area contributed by atoms with Crippen molar-refractivity contribution in [3.05, 3.63) is 46.0 Å². The summed E-state index contributed by atoms with van der Waals surface area (Å²) in [5.41, 5.74) is 1.76. The summed E-state index contributed by atoms with van der Waals surface area (Å²) in [5.74, 6) is 0.761. The summed E-state index contributed by atoms with van der Waals surface area (Å²) < 4.78 is 2.65. The molecule has 1 heterocycles. The lowest BCUT2D eigenvalue weighted by Gasteiger charge is -2.07. The Morgan fingerprint density at radius 3 is 2.89 bits per heavy atom. The number of benzene rings is 1. The molecule has 2 aromatic rings. The zero-order valence-corrected chi connectivity index (χ0v) is 12.4. The lowest BCUT2D eigenvalue weighted by Crippen LogP contribution is -2.26. The minimum atomic E-state index is -0.0888. The highest BCUT2D eigenvalue weighted by molar-refractivity contribution is 9.10. The predicted octanol–water partition coefficient (Wildman–Crippen LogP) is 1.86. The van der Waals surface area contributed by atoms with Crippen LogP contribution in [0.5, 0.6) is 0 Å². The molecule has 0 spiro atoms. The second-order valence-electron chi connectivity index (χ2n) is 4.35. The highest BCUT2D eigenvalue weighted by Crippen LogP contribution is 2.18. The summed E-state index contributed by atoms with van der Waals surface area (Å²) in [4.78, 5) is 12.0. The Balaban J connectivity index is 1.93. The van der Waals surface area contributed by atoms with Crippen molar-refractivity contribution in [3.8, 4) is 0 Å². The number of hydrogen-bond donors (Lipinski definition) is 1. The second kappa shape index (κ2) is 5.97. The Morgan fingerprint density at radius 2 is 2.26 bits per heavy atom. The number of hydrogen-bond acceptors (Lipinski definition) is 3. The van der Waals surface area contributed by atoms with E-state index in [-0.39, 0.29) is 5.91 Å². The largest absolute Gasteiger partial charge is 0.352 e. The maximum atomic E-state index is 12.0. The third kappa shape index (κ3) is 3.41. The first-order valence-corrected chi connectivity index (χ1v) is 6.74. The average molecular weight is 323 g/mol. The number of halogens is 1. The topological polar surface area (TPSA) is 59.8 Å². The summed E-state index contributed by atoms with van der Waals surface area (Å²) in [5, 5.41) is 10.6. The SMILES string of the molecule is Cc1ccc(C(=O)NCCc2nncn2C)c(Br)c1. The van der Waals surface area contributed by atoms with Gasteiger partial charge >= 0.3 is 0 Å². The van der Waals surface area contributed by atoms with Gasteiger partial charge in [0.15, 0.2) is 0 Å². The first-order valence-electron chi connectivity index (χ1n) is 5.95. The van der Waals surface area contributed by atoms with Gasteiger partial charge in [0.05, 0.1) is 5.56 Å². The maximum absolute atomic E-state index is 12.0. The van der Waals surface area contributed by atoms with Gasteiger partial charge in [-0.15, -0.1) is 10.2 Å². The molecule has 0 saturated heterocycles.